The number of amides is 1. The number of hydrogen-bond donors (Lipinski definition) is 0. The van der Waals surface area contributed by atoms with E-state index in [2.05, 4.69) is 0 Å². The second kappa shape index (κ2) is 7.00. The molecule has 0 unspecified atom stereocenters. The van der Waals surface area contributed by atoms with Crippen LogP contribution in [0.4, 0.5) is 0 Å². The molecule has 1 fully saturated rings. The fraction of sp³-hybridized carbons (Fsp3) is 0.786. The molecule has 7 nitrogen and oxygen atoms in total. The van der Waals surface area contributed by atoms with Crippen LogP contribution in [0.5, 0.6) is 0 Å². The van der Waals surface area contributed by atoms with Crippen molar-refractivity contribution in [2.24, 2.45) is 5.41 Å². The first-order valence-electron chi connectivity index (χ1n) is 6.73. The number of esters is 1. The minimum absolute atomic E-state index is 0.0683. The Balaban J connectivity index is 2.94. The van der Waals surface area contributed by atoms with Gasteiger partial charge in [-0.25, -0.2) is 4.79 Å². The maximum absolute atomic E-state index is 12.4. The summed E-state index contributed by atoms with van der Waals surface area (Å²) in [4.78, 5) is 37.1. The molecule has 1 heterocycles. The van der Waals surface area contributed by atoms with Gasteiger partial charge in [0.1, 0.15) is 12.8 Å². The normalized spacial score (nSPS) is 22.2. The second-order valence-electron chi connectivity index (χ2n) is 6.04. The molecule has 0 aliphatic carbocycles. The fourth-order valence-electron chi connectivity index (χ4n) is 2.27. The van der Waals surface area contributed by atoms with Gasteiger partial charge in [0.05, 0.1) is 20.1 Å². The Labute approximate surface area is 124 Å². The molecule has 1 rings (SSSR count). The van der Waals surface area contributed by atoms with Crippen LogP contribution in [0, 0.1) is 5.41 Å². The molecule has 120 valence electrons. The van der Waals surface area contributed by atoms with Crippen LogP contribution in [0.3, 0.4) is 0 Å². The topological polar surface area (TPSA) is 82.1 Å². The smallest absolute Gasteiger partial charge is 0.331 e. The van der Waals surface area contributed by atoms with E-state index in [9.17, 15) is 14.4 Å². The monoisotopic (exact) mass is 301 g/mol. The van der Waals surface area contributed by atoms with Gasteiger partial charge >= 0.3 is 5.97 Å². The van der Waals surface area contributed by atoms with Crippen LogP contribution >= 0.6 is 0 Å². The number of hydrogen-bond acceptors (Lipinski definition) is 6. The lowest BCUT2D eigenvalue weighted by atomic mass is 9.93. The number of ketones is 1. The van der Waals surface area contributed by atoms with Crippen molar-refractivity contribution in [3.8, 4) is 0 Å². The molecule has 1 aliphatic rings. The number of methoxy groups -OCH3 is 2. The van der Waals surface area contributed by atoms with E-state index in [0.29, 0.717) is 0 Å². The average Bonchev–Trinajstić information content (AvgIpc) is 2.82. The van der Waals surface area contributed by atoms with E-state index in [4.69, 9.17) is 14.2 Å². The lowest BCUT2D eigenvalue weighted by Crippen LogP contribution is -2.51. The maximum atomic E-state index is 12.4. The van der Waals surface area contributed by atoms with Gasteiger partial charge in [-0.1, -0.05) is 20.8 Å². The summed E-state index contributed by atoms with van der Waals surface area (Å²) in [5, 5.41) is 0. The first-order chi connectivity index (χ1) is 9.72. The molecule has 1 aliphatic heterocycles. The van der Waals surface area contributed by atoms with Gasteiger partial charge in [0.25, 0.3) is 0 Å². The molecule has 21 heavy (non-hydrogen) atoms. The molecule has 0 aromatic carbocycles. The van der Waals surface area contributed by atoms with Gasteiger partial charge in [-0.05, 0) is 0 Å². The summed E-state index contributed by atoms with van der Waals surface area (Å²) in [5.41, 5.74) is -0.386. The number of rotatable bonds is 5. The summed E-state index contributed by atoms with van der Waals surface area (Å²) in [6.07, 6.45) is -0.901. The molecule has 0 aromatic heterocycles. The average molecular weight is 301 g/mol. The minimum Gasteiger partial charge on any atom is -0.467 e. The van der Waals surface area contributed by atoms with Crippen molar-refractivity contribution in [1.29, 1.82) is 0 Å². The van der Waals surface area contributed by atoms with Crippen LogP contribution in [-0.2, 0) is 28.6 Å². The number of nitrogens with zero attached hydrogens (tertiary/aromatic N) is 1. The summed E-state index contributed by atoms with van der Waals surface area (Å²) in [5.74, 6) is -1.34. The van der Waals surface area contributed by atoms with Gasteiger partial charge in [0.2, 0.25) is 5.91 Å². The van der Waals surface area contributed by atoms with Crippen molar-refractivity contribution in [3.05, 3.63) is 0 Å². The third-order valence-electron chi connectivity index (χ3n) is 3.16. The summed E-state index contributed by atoms with van der Waals surface area (Å²) in [7, 11) is 2.64. The van der Waals surface area contributed by atoms with Crippen molar-refractivity contribution >= 4 is 17.7 Å². The Morgan fingerprint density at radius 2 is 1.86 bits per heavy atom. The van der Waals surface area contributed by atoms with E-state index >= 15 is 0 Å². The molecule has 0 saturated carbocycles. The number of ether oxygens (including phenoxy) is 3. The van der Waals surface area contributed by atoms with E-state index in [-0.39, 0.29) is 30.8 Å². The van der Waals surface area contributed by atoms with Gasteiger partial charge in [-0.2, -0.15) is 0 Å². The van der Waals surface area contributed by atoms with E-state index in [1.165, 1.54) is 19.1 Å². The van der Waals surface area contributed by atoms with Gasteiger partial charge in [-0.15, -0.1) is 0 Å². The Kier molecular flexibility index (Phi) is 5.86. The summed E-state index contributed by atoms with van der Waals surface area (Å²) >= 11 is 0. The Hall–Kier alpha value is -1.47. The highest BCUT2D eigenvalue weighted by atomic mass is 16.5. The highest BCUT2D eigenvalue weighted by Gasteiger charge is 2.47. The van der Waals surface area contributed by atoms with Crippen molar-refractivity contribution < 1.29 is 28.6 Å². The first-order valence-corrected chi connectivity index (χ1v) is 6.73. The van der Waals surface area contributed by atoms with Crippen LogP contribution < -0.4 is 0 Å². The van der Waals surface area contributed by atoms with Gasteiger partial charge in [0, 0.05) is 12.5 Å². The number of carbonyl (C=O) groups is 3. The van der Waals surface area contributed by atoms with Crippen molar-refractivity contribution in [3.63, 3.8) is 0 Å². The van der Waals surface area contributed by atoms with E-state index in [0.717, 1.165) is 0 Å². The molecular formula is C14H23NO6. The minimum atomic E-state index is -0.818. The van der Waals surface area contributed by atoms with Crippen LogP contribution in [0.2, 0.25) is 0 Å². The van der Waals surface area contributed by atoms with Crippen LogP contribution in [-0.4, -0.2) is 62.3 Å². The molecule has 0 spiro atoms. The zero-order valence-electron chi connectivity index (χ0n) is 13.2. The summed E-state index contributed by atoms with van der Waals surface area (Å²) < 4.78 is 15.0. The van der Waals surface area contributed by atoms with E-state index in [1.807, 2.05) is 20.8 Å². The van der Waals surface area contributed by atoms with Crippen molar-refractivity contribution in [1.82, 2.24) is 4.90 Å². The lowest BCUT2D eigenvalue weighted by molar-refractivity contribution is -0.156. The highest BCUT2D eigenvalue weighted by Crippen LogP contribution is 2.32. The Morgan fingerprint density at radius 1 is 1.24 bits per heavy atom. The fourth-order valence-corrected chi connectivity index (χ4v) is 2.27. The standard InChI is InChI=1S/C14H23NO6/c1-14(2,3)13-15(10(8-21-13)12(18)20-5)11(17)6-9(16)7-19-4/h10,13H,6-8H2,1-5H3/t10-,13+/m0/s1. The Morgan fingerprint density at radius 3 is 2.33 bits per heavy atom. The van der Waals surface area contributed by atoms with Crippen LogP contribution in [0.1, 0.15) is 27.2 Å². The summed E-state index contributed by atoms with van der Waals surface area (Å²) in [6.45, 7) is 5.63. The third-order valence-corrected chi connectivity index (χ3v) is 3.16. The molecule has 7 heteroatoms. The van der Waals surface area contributed by atoms with Crippen LogP contribution in [0.25, 0.3) is 0 Å². The largest absolute Gasteiger partial charge is 0.467 e. The van der Waals surface area contributed by atoms with Crippen LogP contribution in [0.15, 0.2) is 0 Å². The molecule has 0 radical (unpaired) electrons. The quantitative estimate of drug-likeness (QED) is 0.539. The maximum Gasteiger partial charge on any atom is 0.331 e. The molecule has 1 saturated heterocycles. The summed E-state index contributed by atoms with van der Waals surface area (Å²) in [6, 6.07) is -0.818. The molecule has 0 N–H and O–H groups in total. The third kappa shape index (κ3) is 4.25. The van der Waals surface area contributed by atoms with E-state index < -0.39 is 24.1 Å². The highest BCUT2D eigenvalue weighted by molar-refractivity contribution is 6.00. The SMILES string of the molecule is COCC(=O)CC(=O)N1[C@H](C(=O)OC)CO[C@@H]1C(C)(C)C. The van der Waals surface area contributed by atoms with Gasteiger partial charge < -0.3 is 14.2 Å². The zero-order chi connectivity index (χ0) is 16.2. The second-order valence-corrected chi connectivity index (χ2v) is 6.04. The zero-order valence-corrected chi connectivity index (χ0v) is 13.2. The first kappa shape index (κ1) is 17.6. The van der Waals surface area contributed by atoms with Gasteiger partial charge in [-0.3, -0.25) is 14.5 Å². The number of carbonyl (C=O) groups excluding carboxylic acids is 3. The molecular weight excluding hydrogens is 278 g/mol. The predicted molar refractivity (Wildman–Crippen MR) is 73.3 cm³/mol. The molecule has 0 aromatic rings. The van der Waals surface area contributed by atoms with Crippen molar-refractivity contribution in [2.75, 3.05) is 27.4 Å². The molecule has 1 amide bonds. The molecule has 0 bridgehead atoms. The Bertz CT molecular complexity index is 414. The predicted octanol–water partition coefficient (Wildman–Crippen LogP) is 0.365. The van der Waals surface area contributed by atoms with Crippen molar-refractivity contribution in [2.45, 2.75) is 39.5 Å². The van der Waals surface area contributed by atoms with E-state index in [1.54, 1.807) is 0 Å². The van der Waals surface area contributed by atoms with Gasteiger partial charge in [0.15, 0.2) is 11.8 Å². The molecule has 2 atom stereocenters. The lowest BCUT2D eigenvalue weighted by Gasteiger charge is -2.35. The number of Topliss-reactive ketones (excluding diaryl/α,β-unsaturated/α-hetero) is 1.